The molecular formula is C16H18N6O. The Morgan fingerprint density at radius 3 is 2.83 bits per heavy atom. The molecule has 0 aliphatic heterocycles. The normalized spacial score (nSPS) is 10.5. The second-order valence-electron chi connectivity index (χ2n) is 4.94. The van der Waals surface area contributed by atoms with Crippen molar-refractivity contribution in [2.24, 2.45) is 0 Å². The van der Waals surface area contributed by atoms with Gasteiger partial charge in [-0.05, 0) is 6.92 Å². The van der Waals surface area contributed by atoms with Crippen LogP contribution in [-0.2, 0) is 13.1 Å². The summed E-state index contributed by atoms with van der Waals surface area (Å²) in [7, 11) is 0. The highest BCUT2D eigenvalue weighted by Gasteiger charge is 2.11. The summed E-state index contributed by atoms with van der Waals surface area (Å²) >= 11 is 0. The fourth-order valence-corrected chi connectivity index (χ4v) is 2.23. The van der Waals surface area contributed by atoms with Crippen molar-refractivity contribution in [3.8, 4) is 11.3 Å². The van der Waals surface area contributed by atoms with Crippen molar-refractivity contribution in [3.63, 3.8) is 0 Å². The number of hydrogen-bond acceptors (Lipinski definition) is 3. The molecule has 118 valence electrons. The van der Waals surface area contributed by atoms with Crippen molar-refractivity contribution in [1.29, 1.82) is 0 Å². The maximum Gasteiger partial charge on any atom is 0.320 e. The molecule has 1 aromatic carbocycles. The monoisotopic (exact) mass is 310 g/mol. The predicted molar refractivity (Wildman–Crippen MR) is 87.8 cm³/mol. The zero-order chi connectivity index (χ0) is 16.1. The quantitative estimate of drug-likeness (QED) is 0.677. The number of aromatic amines is 1. The standard InChI is InChI=1S/C16H18N6O/c1-2-22-15(10-13(21-22)12-6-4-3-5-7-12)20-16(23)19-11-14-17-8-9-18-14/h3-10H,2,11H2,1H3,(H,17,18)(H2,19,20,23). The number of urea groups is 1. The summed E-state index contributed by atoms with van der Waals surface area (Å²) in [4.78, 5) is 19.0. The summed E-state index contributed by atoms with van der Waals surface area (Å²) < 4.78 is 1.76. The lowest BCUT2D eigenvalue weighted by Crippen LogP contribution is -2.29. The van der Waals surface area contributed by atoms with Gasteiger partial charge in [0, 0.05) is 30.6 Å². The molecule has 3 N–H and O–H groups in total. The number of hydrogen-bond donors (Lipinski definition) is 3. The number of benzene rings is 1. The third kappa shape index (κ3) is 3.57. The minimum absolute atomic E-state index is 0.296. The summed E-state index contributed by atoms with van der Waals surface area (Å²) in [6.45, 7) is 2.99. The van der Waals surface area contributed by atoms with Crippen LogP contribution in [0, 0.1) is 0 Å². The van der Waals surface area contributed by atoms with E-state index in [9.17, 15) is 4.79 Å². The number of aryl methyl sites for hydroxylation is 1. The number of carbonyl (C=O) groups is 1. The lowest BCUT2D eigenvalue weighted by Gasteiger charge is -2.07. The Kier molecular flexibility index (Phi) is 4.37. The zero-order valence-electron chi connectivity index (χ0n) is 12.8. The van der Waals surface area contributed by atoms with Crippen LogP contribution in [0.15, 0.2) is 48.8 Å². The van der Waals surface area contributed by atoms with Gasteiger partial charge >= 0.3 is 6.03 Å². The van der Waals surface area contributed by atoms with Crippen molar-refractivity contribution < 1.29 is 4.79 Å². The van der Waals surface area contributed by atoms with Crippen molar-refractivity contribution in [2.45, 2.75) is 20.0 Å². The van der Waals surface area contributed by atoms with Gasteiger partial charge in [-0.1, -0.05) is 30.3 Å². The van der Waals surface area contributed by atoms with Crippen molar-refractivity contribution in [3.05, 3.63) is 54.6 Å². The number of nitrogens with zero attached hydrogens (tertiary/aromatic N) is 3. The van der Waals surface area contributed by atoms with Gasteiger partial charge in [-0.15, -0.1) is 0 Å². The van der Waals surface area contributed by atoms with Crippen LogP contribution in [0.1, 0.15) is 12.7 Å². The molecular weight excluding hydrogens is 292 g/mol. The van der Waals surface area contributed by atoms with E-state index in [0.717, 1.165) is 11.3 Å². The molecule has 3 rings (SSSR count). The van der Waals surface area contributed by atoms with Gasteiger partial charge in [0.2, 0.25) is 0 Å². The van der Waals surface area contributed by atoms with E-state index in [1.54, 1.807) is 17.1 Å². The third-order valence-electron chi connectivity index (χ3n) is 3.36. The molecule has 2 aromatic heterocycles. The molecule has 7 heteroatoms. The molecule has 0 atom stereocenters. The van der Waals surface area contributed by atoms with Gasteiger partial charge in [0.05, 0.1) is 12.2 Å². The van der Waals surface area contributed by atoms with E-state index >= 15 is 0 Å². The summed E-state index contributed by atoms with van der Waals surface area (Å²) in [5.41, 5.74) is 1.84. The molecule has 0 fully saturated rings. The van der Waals surface area contributed by atoms with Gasteiger partial charge in [-0.2, -0.15) is 5.10 Å². The zero-order valence-corrected chi connectivity index (χ0v) is 12.8. The van der Waals surface area contributed by atoms with E-state index in [-0.39, 0.29) is 6.03 Å². The van der Waals surface area contributed by atoms with Crippen LogP contribution in [0.2, 0.25) is 0 Å². The number of carbonyl (C=O) groups excluding carboxylic acids is 1. The van der Waals surface area contributed by atoms with Crippen LogP contribution >= 0.6 is 0 Å². The lowest BCUT2D eigenvalue weighted by atomic mass is 10.2. The lowest BCUT2D eigenvalue weighted by molar-refractivity contribution is 0.251. The molecule has 0 unspecified atom stereocenters. The van der Waals surface area contributed by atoms with E-state index in [4.69, 9.17) is 0 Å². The maximum absolute atomic E-state index is 12.0. The molecule has 23 heavy (non-hydrogen) atoms. The smallest absolute Gasteiger partial charge is 0.320 e. The van der Waals surface area contributed by atoms with Crippen LogP contribution in [0.5, 0.6) is 0 Å². The first kappa shape index (κ1) is 14.8. The van der Waals surface area contributed by atoms with Gasteiger partial charge in [-0.3, -0.25) is 5.32 Å². The van der Waals surface area contributed by atoms with Gasteiger partial charge in [0.25, 0.3) is 0 Å². The first-order chi connectivity index (χ1) is 11.3. The largest absolute Gasteiger partial charge is 0.347 e. The number of H-pyrrole nitrogens is 1. The Morgan fingerprint density at radius 1 is 1.30 bits per heavy atom. The molecule has 2 heterocycles. The number of aromatic nitrogens is 4. The number of nitrogens with one attached hydrogen (secondary N) is 3. The minimum Gasteiger partial charge on any atom is -0.347 e. The molecule has 0 bridgehead atoms. The summed E-state index contributed by atoms with van der Waals surface area (Å²) in [5, 5.41) is 10.1. The average molecular weight is 310 g/mol. The molecule has 0 saturated heterocycles. The molecule has 0 radical (unpaired) electrons. The van der Waals surface area contributed by atoms with Gasteiger partial charge in [0.15, 0.2) is 0 Å². The van der Waals surface area contributed by atoms with E-state index in [1.807, 2.05) is 43.3 Å². The van der Waals surface area contributed by atoms with E-state index < -0.39 is 0 Å². The molecule has 0 aliphatic carbocycles. The van der Waals surface area contributed by atoms with E-state index in [1.165, 1.54) is 0 Å². The van der Waals surface area contributed by atoms with Crippen LogP contribution < -0.4 is 10.6 Å². The fraction of sp³-hybridized carbons (Fsp3) is 0.188. The highest BCUT2D eigenvalue weighted by atomic mass is 16.2. The van der Waals surface area contributed by atoms with Crippen LogP contribution in [0.4, 0.5) is 10.6 Å². The Morgan fingerprint density at radius 2 is 2.13 bits per heavy atom. The molecule has 0 saturated carbocycles. The van der Waals surface area contributed by atoms with Crippen molar-refractivity contribution in [1.82, 2.24) is 25.1 Å². The average Bonchev–Trinajstić information content (AvgIpc) is 3.23. The van der Waals surface area contributed by atoms with Crippen LogP contribution in [0.25, 0.3) is 11.3 Å². The Balaban J connectivity index is 1.69. The van der Waals surface area contributed by atoms with Crippen molar-refractivity contribution in [2.75, 3.05) is 5.32 Å². The first-order valence-electron chi connectivity index (χ1n) is 7.42. The first-order valence-corrected chi connectivity index (χ1v) is 7.42. The minimum atomic E-state index is -0.296. The molecule has 0 aliphatic rings. The Hall–Kier alpha value is -3.09. The Bertz CT molecular complexity index is 763. The van der Waals surface area contributed by atoms with Crippen LogP contribution in [0.3, 0.4) is 0 Å². The molecule has 0 spiro atoms. The second kappa shape index (κ2) is 6.78. The highest BCUT2D eigenvalue weighted by molar-refractivity contribution is 5.89. The predicted octanol–water partition coefficient (Wildman–Crippen LogP) is 2.61. The van der Waals surface area contributed by atoms with Gasteiger partial charge in [0.1, 0.15) is 11.6 Å². The van der Waals surface area contributed by atoms with E-state index in [2.05, 4.69) is 25.7 Å². The summed E-state index contributed by atoms with van der Waals surface area (Å²) in [6.07, 6.45) is 3.36. The maximum atomic E-state index is 12.0. The number of rotatable bonds is 5. The fourth-order valence-electron chi connectivity index (χ4n) is 2.23. The second-order valence-corrected chi connectivity index (χ2v) is 4.94. The SMILES string of the molecule is CCn1nc(-c2ccccc2)cc1NC(=O)NCc1ncc[nH]1. The molecule has 7 nitrogen and oxygen atoms in total. The molecule has 2 amide bonds. The number of anilines is 1. The van der Waals surface area contributed by atoms with Crippen molar-refractivity contribution >= 4 is 11.8 Å². The summed E-state index contributed by atoms with van der Waals surface area (Å²) in [6, 6.07) is 11.4. The highest BCUT2D eigenvalue weighted by Crippen LogP contribution is 2.21. The Labute approximate surface area is 133 Å². The summed E-state index contributed by atoms with van der Waals surface area (Å²) in [5.74, 6) is 1.36. The van der Waals surface area contributed by atoms with Gasteiger partial charge < -0.3 is 10.3 Å². The van der Waals surface area contributed by atoms with Gasteiger partial charge in [-0.25, -0.2) is 14.5 Å². The number of amides is 2. The van der Waals surface area contributed by atoms with Crippen LogP contribution in [-0.4, -0.2) is 25.8 Å². The number of imidazole rings is 1. The third-order valence-corrected chi connectivity index (χ3v) is 3.36. The molecule has 3 aromatic rings. The topological polar surface area (TPSA) is 87.6 Å². The van der Waals surface area contributed by atoms with E-state index in [0.29, 0.717) is 24.7 Å².